The Morgan fingerprint density at radius 3 is 2.06 bits per heavy atom. The smallest absolute Gasteiger partial charge is 0.0797 e. The molecule has 0 aromatic heterocycles. The fraction of sp³-hybridized carbons (Fsp3) is 1.00. The molecule has 0 rings (SSSR count). The molecule has 0 aliphatic carbocycles. The summed E-state index contributed by atoms with van der Waals surface area (Å²) in [4.78, 5) is 0. The monoisotopic (exact) mass is 247 g/mol. The molecule has 0 heterocycles. The van der Waals surface area contributed by atoms with Crippen LogP contribution in [0.25, 0.3) is 0 Å². The minimum atomic E-state index is -0.231. The normalized spacial score (nSPS) is 15.0. The van der Waals surface area contributed by atoms with Crippen LogP contribution in [0.15, 0.2) is 0 Å². The highest BCUT2D eigenvalue weighted by molar-refractivity contribution is 4.84. The molecule has 17 heavy (non-hydrogen) atoms. The molecular formula is C13H29NO3. The molecule has 0 aliphatic rings. The van der Waals surface area contributed by atoms with Gasteiger partial charge in [0.1, 0.15) is 0 Å². The zero-order chi connectivity index (χ0) is 13.5. The van der Waals surface area contributed by atoms with Gasteiger partial charge in [0, 0.05) is 20.8 Å². The third-order valence-electron chi connectivity index (χ3n) is 3.40. The standard InChI is InChI=1S/C13H29NO3/c1-12(2,15-6)8-9-17-10-11(14-5)13(3,4)16-7/h11,14H,8-10H2,1-7H3. The van der Waals surface area contributed by atoms with Crippen LogP contribution in [0.3, 0.4) is 0 Å². The number of likely N-dealkylation sites (N-methyl/N-ethyl adjacent to an activating group) is 1. The van der Waals surface area contributed by atoms with Crippen LogP contribution in [0.5, 0.6) is 0 Å². The number of ether oxygens (including phenoxy) is 3. The summed E-state index contributed by atoms with van der Waals surface area (Å²) in [6, 6.07) is 0.179. The Bertz CT molecular complexity index is 205. The summed E-state index contributed by atoms with van der Waals surface area (Å²) < 4.78 is 16.5. The van der Waals surface area contributed by atoms with E-state index in [0.717, 1.165) is 6.42 Å². The van der Waals surface area contributed by atoms with Crippen molar-refractivity contribution in [2.24, 2.45) is 0 Å². The van der Waals surface area contributed by atoms with Crippen molar-refractivity contribution >= 4 is 0 Å². The predicted molar refractivity (Wildman–Crippen MR) is 70.5 cm³/mol. The topological polar surface area (TPSA) is 39.7 Å². The van der Waals surface area contributed by atoms with Crippen molar-refractivity contribution in [3.05, 3.63) is 0 Å². The van der Waals surface area contributed by atoms with Crippen LogP contribution >= 0.6 is 0 Å². The lowest BCUT2D eigenvalue weighted by Gasteiger charge is -2.33. The highest BCUT2D eigenvalue weighted by Crippen LogP contribution is 2.15. The van der Waals surface area contributed by atoms with Gasteiger partial charge in [0.15, 0.2) is 0 Å². The molecule has 0 fully saturated rings. The molecule has 0 aromatic carbocycles. The Labute approximate surface area is 106 Å². The van der Waals surface area contributed by atoms with Crippen LogP contribution in [0.2, 0.25) is 0 Å². The molecule has 104 valence electrons. The molecule has 1 atom stereocenters. The van der Waals surface area contributed by atoms with E-state index in [1.165, 1.54) is 0 Å². The zero-order valence-electron chi connectivity index (χ0n) is 12.4. The van der Waals surface area contributed by atoms with E-state index in [2.05, 4.69) is 33.0 Å². The molecule has 1 N–H and O–H groups in total. The SMILES string of the molecule is CNC(COCCC(C)(C)OC)C(C)(C)OC. The van der Waals surface area contributed by atoms with E-state index in [1.807, 2.05) is 7.05 Å². The average Bonchev–Trinajstić information content (AvgIpc) is 2.28. The van der Waals surface area contributed by atoms with Gasteiger partial charge < -0.3 is 19.5 Å². The predicted octanol–water partition coefficient (Wildman–Crippen LogP) is 1.83. The first-order valence-corrected chi connectivity index (χ1v) is 6.14. The molecular weight excluding hydrogens is 218 g/mol. The van der Waals surface area contributed by atoms with Crippen LogP contribution in [-0.2, 0) is 14.2 Å². The van der Waals surface area contributed by atoms with Crippen molar-refractivity contribution in [3.8, 4) is 0 Å². The van der Waals surface area contributed by atoms with Crippen molar-refractivity contribution in [2.45, 2.75) is 51.4 Å². The van der Waals surface area contributed by atoms with Crippen LogP contribution in [-0.4, -0.2) is 51.7 Å². The molecule has 4 heteroatoms. The lowest BCUT2D eigenvalue weighted by molar-refractivity contribution is -0.0488. The highest BCUT2D eigenvalue weighted by atomic mass is 16.5. The Hall–Kier alpha value is -0.160. The van der Waals surface area contributed by atoms with E-state index in [0.29, 0.717) is 13.2 Å². The fourth-order valence-electron chi connectivity index (χ4n) is 1.40. The van der Waals surface area contributed by atoms with Gasteiger partial charge in [-0.05, 0) is 41.2 Å². The van der Waals surface area contributed by atoms with E-state index in [1.54, 1.807) is 14.2 Å². The maximum Gasteiger partial charge on any atom is 0.0797 e. The van der Waals surface area contributed by atoms with Crippen molar-refractivity contribution in [3.63, 3.8) is 0 Å². The molecule has 0 aliphatic heterocycles. The molecule has 0 saturated heterocycles. The van der Waals surface area contributed by atoms with E-state index >= 15 is 0 Å². The van der Waals surface area contributed by atoms with Gasteiger partial charge in [0.25, 0.3) is 0 Å². The summed E-state index contributed by atoms with van der Waals surface area (Å²) in [5.74, 6) is 0. The number of hydrogen-bond donors (Lipinski definition) is 1. The van der Waals surface area contributed by atoms with Crippen LogP contribution < -0.4 is 5.32 Å². The Morgan fingerprint density at radius 1 is 1.06 bits per heavy atom. The molecule has 0 bridgehead atoms. The number of nitrogens with one attached hydrogen (secondary N) is 1. The first-order chi connectivity index (χ1) is 7.79. The molecule has 1 unspecified atom stereocenters. The lowest BCUT2D eigenvalue weighted by atomic mass is 9.99. The van der Waals surface area contributed by atoms with Crippen molar-refractivity contribution in [2.75, 3.05) is 34.5 Å². The molecule has 4 nitrogen and oxygen atoms in total. The van der Waals surface area contributed by atoms with E-state index < -0.39 is 0 Å². The van der Waals surface area contributed by atoms with Gasteiger partial charge in [0.05, 0.1) is 23.9 Å². The van der Waals surface area contributed by atoms with Gasteiger partial charge in [-0.25, -0.2) is 0 Å². The highest BCUT2D eigenvalue weighted by Gasteiger charge is 2.28. The Morgan fingerprint density at radius 2 is 1.65 bits per heavy atom. The average molecular weight is 247 g/mol. The summed E-state index contributed by atoms with van der Waals surface area (Å²) in [6.07, 6.45) is 0.882. The summed E-state index contributed by atoms with van der Waals surface area (Å²) >= 11 is 0. The maximum absolute atomic E-state index is 5.69. The third-order valence-corrected chi connectivity index (χ3v) is 3.40. The summed E-state index contributed by atoms with van der Waals surface area (Å²) in [5, 5.41) is 3.22. The van der Waals surface area contributed by atoms with Gasteiger partial charge in [-0.2, -0.15) is 0 Å². The second-order valence-electron chi connectivity index (χ2n) is 5.44. The molecule has 0 radical (unpaired) electrons. The minimum absolute atomic E-state index is 0.119. The van der Waals surface area contributed by atoms with Crippen molar-refractivity contribution in [1.82, 2.24) is 5.32 Å². The molecule has 0 spiro atoms. The first kappa shape index (κ1) is 16.8. The second kappa shape index (κ2) is 7.31. The van der Waals surface area contributed by atoms with E-state index in [-0.39, 0.29) is 17.2 Å². The minimum Gasteiger partial charge on any atom is -0.380 e. The number of hydrogen-bond acceptors (Lipinski definition) is 4. The van der Waals surface area contributed by atoms with Crippen molar-refractivity contribution < 1.29 is 14.2 Å². The van der Waals surface area contributed by atoms with Gasteiger partial charge in [-0.3, -0.25) is 0 Å². The third kappa shape index (κ3) is 6.36. The summed E-state index contributed by atoms with van der Waals surface area (Å²) in [6.45, 7) is 9.55. The van der Waals surface area contributed by atoms with Gasteiger partial charge in [-0.1, -0.05) is 0 Å². The quantitative estimate of drug-likeness (QED) is 0.631. The number of methoxy groups -OCH3 is 2. The zero-order valence-corrected chi connectivity index (χ0v) is 12.4. The summed E-state index contributed by atoms with van der Waals surface area (Å²) in [7, 11) is 5.37. The van der Waals surface area contributed by atoms with Crippen molar-refractivity contribution in [1.29, 1.82) is 0 Å². The van der Waals surface area contributed by atoms with E-state index in [4.69, 9.17) is 14.2 Å². The maximum atomic E-state index is 5.69. The first-order valence-electron chi connectivity index (χ1n) is 6.14. The largest absolute Gasteiger partial charge is 0.380 e. The van der Waals surface area contributed by atoms with Gasteiger partial charge in [0.2, 0.25) is 0 Å². The lowest BCUT2D eigenvalue weighted by Crippen LogP contribution is -2.49. The molecule has 0 aromatic rings. The van der Waals surface area contributed by atoms with E-state index in [9.17, 15) is 0 Å². The second-order valence-corrected chi connectivity index (χ2v) is 5.44. The molecule has 0 saturated carbocycles. The van der Waals surface area contributed by atoms with Crippen LogP contribution in [0.4, 0.5) is 0 Å². The van der Waals surface area contributed by atoms with Gasteiger partial charge in [-0.15, -0.1) is 0 Å². The van der Waals surface area contributed by atoms with Gasteiger partial charge >= 0.3 is 0 Å². The summed E-state index contributed by atoms with van der Waals surface area (Å²) in [5.41, 5.74) is -0.350. The number of rotatable bonds is 9. The Kier molecular flexibility index (Phi) is 7.24. The van der Waals surface area contributed by atoms with Crippen LogP contribution in [0.1, 0.15) is 34.1 Å². The van der Waals surface area contributed by atoms with Crippen LogP contribution in [0, 0.1) is 0 Å². The molecule has 0 amide bonds. The fourth-order valence-corrected chi connectivity index (χ4v) is 1.40. The Balaban J connectivity index is 3.94.